The fourth-order valence-corrected chi connectivity index (χ4v) is 1.14. The first-order chi connectivity index (χ1) is 5.87. The number of hydrogen-bond acceptors (Lipinski definition) is 4. The van der Waals surface area contributed by atoms with Gasteiger partial charge in [-0.15, -0.1) is 0 Å². The van der Waals surface area contributed by atoms with E-state index in [1.165, 1.54) is 6.92 Å². The van der Waals surface area contributed by atoms with Crippen LogP contribution in [-0.2, 0) is 9.53 Å². The molecule has 0 aliphatic carbocycles. The molecule has 78 valence electrons. The van der Waals surface area contributed by atoms with Gasteiger partial charge in [0.2, 0.25) is 0 Å². The molecule has 0 bridgehead atoms. The van der Waals surface area contributed by atoms with Crippen LogP contribution in [0.15, 0.2) is 0 Å². The van der Waals surface area contributed by atoms with Crippen molar-refractivity contribution in [2.75, 3.05) is 6.61 Å². The van der Waals surface area contributed by atoms with Crippen LogP contribution in [0.2, 0.25) is 0 Å². The molecule has 0 spiro atoms. The van der Waals surface area contributed by atoms with Gasteiger partial charge in [0, 0.05) is 0 Å². The number of aliphatic hydroxyl groups excluding tert-OH is 1. The van der Waals surface area contributed by atoms with Gasteiger partial charge in [-0.2, -0.15) is 0 Å². The largest absolute Gasteiger partial charge is 0.464 e. The lowest BCUT2D eigenvalue weighted by molar-refractivity contribution is -0.184. The van der Waals surface area contributed by atoms with Crippen LogP contribution in [0.3, 0.4) is 0 Å². The molecule has 0 unspecified atom stereocenters. The second kappa shape index (κ2) is 4.58. The first-order valence-electron chi connectivity index (χ1n) is 4.45. The third-order valence-corrected chi connectivity index (χ3v) is 2.12. The maximum Gasteiger partial charge on any atom is 0.341 e. The molecule has 0 aromatic rings. The molecule has 0 aliphatic rings. The van der Waals surface area contributed by atoms with Crippen molar-refractivity contribution >= 4 is 5.97 Å². The fraction of sp³-hybridized carbons (Fsp3) is 0.889. The number of aliphatic hydroxyl groups is 2. The minimum Gasteiger partial charge on any atom is -0.464 e. The zero-order valence-corrected chi connectivity index (χ0v) is 8.57. The summed E-state index contributed by atoms with van der Waals surface area (Å²) in [7, 11) is 0. The Morgan fingerprint density at radius 2 is 1.92 bits per heavy atom. The van der Waals surface area contributed by atoms with Crippen LogP contribution in [-0.4, -0.2) is 34.5 Å². The Morgan fingerprint density at radius 1 is 1.46 bits per heavy atom. The fourth-order valence-electron chi connectivity index (χ4n) is 1.14. The van der Waals surface area contributed by atoms with Crippen molar-refractivity contribution in [2.45, 2.75) is 39.4 Å². The van der Waals surface area contributed by atoms with E-state index in [0.29, 0.717) is 0 Å². The zero-order valence-electron chi connectivity index (χ0n) is 8.57. The Morgan fingerprint density at radius 3 is 2.15 bits per heavy atom. The highest BCUT2D eigenvalue weighted by atomic mass is 16.6. The lowest BCUT2D eigenvalue weighted by atomic mass is 9.86. The van der Waals surface area contributed by atoms with Gasteiger partial charge in [-0.05, 0) is 19.8 Å². The molecule has 4 heteroatoms. The van der Waals surface area contributed by atoms with E-state index in [1.807, 2.05) is 0 Å². The molecule has 0 amide bonds. The average molecular weight is 190 g/mol. The summed E-state index contributed by atoms with van der Waals surface area (Å²) in [5, 5.41) is 19.1. The quantitative estimate of drug-likeness (QED) is 0.626. The Labute approximate surface area is 78.5 Å². The summed E-state index contributed by atoms with van der Waals surface area (Å²) in [5.74, 6) is -1.15. The first-order valence-corrected chi connectivity index (χ1v) is 4.45. The Bertz CT molecular complexity index is 166. The predicted molar refractivity (Wildman–Crippen MR) is 48.1 cm³/mol. The lowest BCUT2D eigenvalue weighted by Gasteiger charge is -2.31. The number of esters is 1. The van der Waals surface area contributed by atoms with Gasteiger partial charge in [-0.25, -0.2) is 4.79 Å². The number of ether oxygens (including phenoxy) is 1. The highest BCUT2D eigenvalue weighted by Crippen LogP contribution is 2.23. The van der Waals surface area contributed by atoms with E-state index < -0.39 is 17.7 Å². The van der Waals surface area contributed by atoms with Gasteiger partial charge in [0.05, 0.1) is 12.7 Å². The van der Waals surface area contributed by atoms with Crippen molar-refractivity contribution in [3.8, 4) is 0 Å². The molecular weight excluding hydrogens is 172 g/mol. The summed E-state index contributed by atoms with van der Waals surface area (Å²) >= 11 is 0. The second-order valence-electron chi connectivity index (χ2n) is 3.38. The van der Waals surface area contributed by atoms with Gasteiger partial charge in [-0.1, -0.05) is 13.8 Å². The molecule has 0 fully saturated rings. The molecule has 0 saturated carbocycles. The molecule has 13 heavy (non-hydrogen) atoms. The van der Waals surface area contributed by atoms with Crippen molar-refractivity contribution in [1.29, 1.82) is 0 Å². The third kappa shape index (κ3) is 2.42. The normalized spacial score (nSPS) is 18.1. The first kappa shape index (κ1) is 12.4. The highest BCUT2D eigenvalue weighted by Gasteiger charge is 2.45. The van der Waals surface area contributed by atoms with Crippen molar-refractivity contribution < 1.29 is 19.7 Å². The minimum absolute atomic E-state index is 0.195. The van der Waals surface area contributed by atoms with Crippen LogP contribution in [0.1, 0.15) is 27.7 Å². The Balaban J connectivity index is 4.69. The number of hydrogen-bond donors (Lipinski definition) is 2. The summed E-state index contributed by atoms with van der Waals surface area (Å²) in [6, 6.07) is 0. The van der Waals surface area contributed by atoms with E-state index in [4.69, 9.17) is 0 Å². The number of rotatable bonds is 4. The molecule has 0 aromatic heterocycles. The van der Waals surface area contributed by atoms with Crippen LogP contribution in [0.25, 0.3) is 0 Å². The summed E-state index contributed by atoms with van der Waals surface area (Å²) in [4.78, 5) is 11.3. The van der Waals surface area contributed by atoms with E-state index in [0.717, 1.165) is 0 Å². The van der Waals surface area contributed by atoms with Gasteiger partial charge in [0.25, 0.3) is 0 Å². The molecule has 2 atom stereocenters. The van der Waals surface area contributed by atoms with Gasteiger partial charge >= 0.3 is 5.97 Å². The zero-order chi connectivity index (χ0) is 10.6. The van der Waals surface area contributed by atoms with Crippen LogP contribution in [0.5, 0.6) is 0 Å². The molecule has 0 rings (SSSR count). The summed E-state index contributed by atoms with van der Waals surface area (Å²) in [6.45, 7) is 6.53. The topological polar surface area (TPSA) is 66.8 Å². The number of carbonyl (C=O) groups is 1. The van der Waals surface area contributed by atoms with E-state index in [1.54, 1.807) is 20.8 Å². The lowest BCUT2D eigenvalue weighted by Crippen LogP contribution is -2.53. The molecule has 0 aromatic carbocycles. The second-order valence-corrected chi connectivity index (χ2v) is 3.38. The van der Waals surface area contributed by atoms with Gasteiger partial charge in [-0.3, -0.25) is 0 Å². The summed E-state index contributed by atoms with van der Waals surface area (Å²) in [5.41, 5.74) is -1.80. The highest BCUT2D eigenvalue weighted by molar-refractivity contribution is 5.80. The maximum atomic E-state index is 11.3. The molecule has 0 saturated heterocycles. The van der Waals surface area contributed by atoms with Crippen LogP contribution in [0.4, 0.5) is 0 Å². The molecule has 2 N–H and O–H groups in total. The van der Waals surface area contributed by atoms with Crippen molar-refractivity contribution in [2.24, 2.45) is 5.92 Å². The third-order valence-electron chi connectivity index (χ3n) is 2.12. The Kier molecular flexibility index (Phi) is 4.36. The van der Waals surface area contributed by atoms with E-state index >= 15 is 0 Å². The molecule has 4 nitrogen and oxygen atoms in total. The average Bonchev–Trinajstić information content (AvgIpc) is 2.02. The maximum absolute atomic E-state index is 11.3. The minimum atomic E-state index is -1.80. The summed E-state index contributed by atoms with van der Waals surface area (Å²) in [6.07, 6.45) is -1.13. The summed E-state index contributed by atoms with van der Waals surface area (Å²) < 4.78 is 4.68. The monoisotopic (exact) mass is 190 g/mol. The van der Waals surface area contributed by atoms with Gasteiger partial charge in [0.15, 0.2) is 5.60 Å². The van der Waals surface area contributed by atoms with E-state index in [-0.39, 0.29) is 12.5 Å². The predicted octanol–water partition coefficient (Wildman–Crippen LogP) is 0.317. The van der Waals surface area contributed by atoms with Crippen molar-refractivity contribution in [3.63, 3.8) is 0 Å². The van der Waals surface area contributed by atoms with E-state index in [9.17, 15) is 15.0 Å². The van der Waals surface area contributed by atoms with E-state index in [2.05, 4.69) is 4.74 Å². The van der Waals surface area contributed by atoms with Crippen LogP contribution in [0, 0.1) is 5.92 Å². The van der Waals surface area contributed by atoms with Crippen LogP contribution < -0.4 is 0 Å². The van der Waals surface area contributed by atoms with Gasteiger partial charge < -0.3 is 14.9 Å². The molecular formula is C9H18O4. The SMILES string of the molecule is CCOC(=O)[C@](O)(C(C)C)[C@H](C)O. The number of carbonyl (C=O) groups excluding carboxylic acids is 1. The van der Waals surface area contributed by atoms with Crippen molar-refractivity contribution in [3.05, 3.63) is 0 Å². The standard InChI is InChI=1S/C9H18O4/c1-5-13-8(11)9(12,6(2)3)7(4)10/h6-7,10,12H,5H2,1-4H3/t7-,9-/m0/s1. The van der Waals surface area contributed by atoms with Crippen LogP contribution >= 0.6 is 0 Å². The smallest absolute Gasteiger partial charge is 0.341 e. The van der Waals surface area contributed by atoms with Crippen molar-refractivity contribution in [1.82, 2.24) is 0 Å². The Hall–Kier alpha value is -0.610. The van der Waals surface area contributed by atoms with Gasteiger partial charge in [0.1, 0.15) is 0 Å². The molecule has 0 heterocycles. The molecule has 0 radical (unpaired) electrons. The molecule has 0 aliphatic heterocycles.